The first kappa shape index (κ1) is 13.3. The van der Waals surface area contributed by atoms with Crippen molar-refractivity contribution in [3.63, 3.8) is 0 Å². The molecule has 4 heteroatoms. The number of aryl methyl sites for hydroxylation is 1. The molecule has 0 aliphatic rings. The zero-order valence-electron chi connectivity index (χ0n) is 11.6. The van der Waals surface area contributed by atoms with Crippen molar-refractivity contribution in [1.82, 2.24) is 9.97 Å². The fourth-order valence-corrected chi connectivity index (χ4v) is 2.11. The summed E-state index contributed by atoms with van der Waals surface area (Å²) in [6.07, 6.45) is 0.897. The number of rotatable bonds is 4. The van der Waals surface area contributed by atoms with Gasteiger partial charge in [-0.25, -0.2) is 9.97 Å². The molecule has 2 rings (SSSR count). The lowest BCUT2D eigenvalue weighted by Crippen LogP contribution is -2.07. The minimum absolute atomic E-state index is 0.225. The molecule has 0 amide bonds. The molecule has 1 aromatic heterocycles. The molecule has 4 nitrogen and oxygen atoms in total. The van der Waals surface area contributed by atoms with Gasteiger partial charge in [-0.15, -0.1) is 0 Å². The zero-order valence-corrected chi connectivity index (χ0v) is 11.6. The molecule has 0 saturated heterocycles. The first-order valence-electron chi connectivity index (χ1n) is 6.56. The highest BCUT2D eigenvalue weighted by Gasteiger charge is 2.11. The van der Waals surface area contributed by atoms with Crippen LogP contribution in [-0.4, -0.2) is 21.6 Å². The van der Waals surface area contributed by atoms with Crippen LogP contribution in [0.3, 0.4) is 0 Å². The van der Waals surface area contributed by atoms with Gasteiger partial charge in [0, 0.05) is 23.4 Å². The third kappa shape index (κ3) is 2.84. The van der Waals surface area contributed by atoms with Crippen molar-refractivity contribution < 1.29 is 5.11 Å². The van der Waals surface area contributed by atoms with Crippen LogP contribution in [0.1, 0.15) is 25.1 Å². The van der Waals surface area contributed by atoms with Gasteiger partial charge in [-0.3, -0.25) is 0 Å². The Bertz CT molecular complexity index is 582. The molecule has 0 unspecified atom stereocenters. The van der Waals surface area contributed by atoms with Gasteiger partial charge in [0.2, 0.25) is 0 Å². The van der Waals surface area contributed by atoms with Crippen LogP contribution in [0.4, 0.5) is 5.82 Å². The van der Waals surface area contributed by atoms with Gasteiger partial charge < -0.3 is 10.4 Å². The first-order valence-corrected chi connectivity index (χ1v) is 6.56. The van der Waals surface area contributed by atoms with Crippen molar-refractivity contribution in [2.45, 2.75) is 27.2 Å². The Morgan fingerprint density at radius 3 is 2.63 bits per heavy atom. The van der Waals surface area contributed by atoms with Gasteiger partial charge in [0.05, 0.1) is 0 Å². The number of phenols is 1. The number of aromatic nitrogens is 2. The van der Waals surface area contributed by atoms with Gasteiger partial charge in [-0.2, -0.15) is 0 Å². The van der Waals surface area contributed by atoms with Crippen LogP contribution in [0, 0.1) is 6.92 Å². The number of aromatic hydroxyl groups is 1. The summed E-state index contributed by atoms with van der Waals surface area (Å²) in [5, 5.41) is 12.8. The van der Waals surface area contributed by atoms with E-state index < -0.39 is 0 Å². The Morgan fingerprint density at radius 1 is 1.21 bits per heavy atom. The zero-order chi connectivity index (χ0) is 13.8. The molecule has 0 saturated carbocycles. The van der Waals surface area contributed by atoms with E-state index in [1.807, 2.05) is 19.9 Å². The second kappa shape index (κ2) is 5.69. The second-order valence-corrected chi connectivity index (χ2v) is 4.39. The predicted octanol–water partition coefficient (Wildman–Crippen LogP) is 3.15. The molecular weight excluding hydrogens is 238 g/mol. The summed E-state index contributed by atoms with van der Waals surface area (Å²) in [7, 11) is 0. The van der Waals surface area contributed by atoms with Crippen molar-refractivity contribution in [3.05, 3.63) is 35.5 Å². The highest BCUT2D eigenvalue weighted by Crippen LogP contribution is 2.24. The van der Waals surface area contributed by atoms with Gasteiger partial charge in [0.25, 0.3) is 0 Å². The highest BCUT2D eigenvalue weighted by molar-refractivity contribution is 5.61. The Hall–Kier alpha value is -2.10. The number of nitrogens with zero attached hydrogens (tertiary/aromatic N) is 2. The summed E-state index contributed by atoms with van der Waals surface area (Å²) in [5.74, 6) is 1.75. The van der Waals surface area contributed by atoms with Gasteiger partial charge in [-0.1, -0.05) is 19.1 Å². The number of phenolic OH excluding ortho intramolecular Hbond substituents is 1. The molecule has 0 radical (unpaired) electrons. The SMILES string of the molecule is CCNc1nc(-c2cccc(O)c2)nc(C)c1CC. The van der Waals surface area contributed by atoms with Gasteiger partial charge in [0.15, 0.2) is 5.82 Å². The summed E-state index contributed by atoms with van der Waals surface area (Å²) in [6, 6.07) is 7.01. The smallest absolute Gasteiger partial charge is 0.161 e. The molecule has 100 valence electrons. The average Bonchev–Trinajstić information content (AvgIpc) is 2.39. The predicted molar refractivity (Wildman–Crippen MR) is 77.4 cm³/mol. The van der Waals surface area contributed by atoms with Gasteiger partial charge in [0.1, 0.15) is 11.6 Å². The molecule has 1 aromatic carbocycles. The minimum atomic E-state index is 0.225. The maximum absolute atomic E-state index is 9.55. The van der Waals surface area contributed by atoms with Crippen LogP contribution in [0.15, 0.2) is 24.3 Å². The summed E-state index contributed by atoms with van der Waals surface area (Å²) in [5.41, 5.74) is 2.95. The van der Waals surface area contributed by atoms with E-state index in [0.717, 1.165) is 35.6 Å². The minimum Gasteiger partial charge on any atom is -0.508 e. The fourth-order valence-electron chi connectivity index (χ4n) is 2.11. The highest BCUT2D eigenvalue weighted by atomic mass is 16.3. The Balaban J connectivity index is 2.53. The lowest BCUT2D eigenvalue weighted by atomic mass is 10.1. The Labute approximate surface area is 113 Å². The monoisotopic (exact) mass is 257 g/mol. The molecule has 0 bridgehead atoms. The quantitative estimate of drug-likeness (QED) is 0.883. The van der Waals surface area contributed by atoms with Crippen LogP contribution in [0.5, 0.6) is 5.75 Å². The lowest BCUT2D eigenvalue weighted by molar-refractivity contribution is 0.475. The number of benzene rings is 1. The molecule has 0 aliphatic heterocycles. The first-order chi connectivity index (χ1) is 9.15. The van der Waals surface area contributed by atoms with Crippen molar-refractivity contribution in [2.75, 3.05) is 11.9 Å². The van der Waals surface area contributed by atoms with Crippen LogP contribution in [-0.2, 0) is 6.42 Å². The molecule has 1 heterocycles. The molecule has 2 N–H and O–H groups in total. The molecule has 19 heavy (non-hydrogen) atoms. The average molecular weight is 257 g/mol. The molecule has 0 atom stereocenters. The Kier molecular flexibility index (Phi) is 4.00. The molecule has 0 spiro atoms. The van der Waals surface area contributed by atoms with E-state index in [0.29, 0.717) is 5.82 Å². The maximum atomic E-state index is 9.55. The second-order valence-electron chi connectivity index (χ2n) is 4.39. The topological polar surface area (TPSA) is 58.0 Å². The van der Waals surface area contributed by atoms with Gasteiger partial charge >= 0.3 is 0 Å². The van der Waals surface area contributed by atoms with E-state index in [9.17, 15) is 5.11 Å². The van der Waals surface area contributed by atoms with E-state index in [1.54, 1.807) is 18.2 Å². The van der Waals surface area contributed by atoms with Crippen molar-refractivity contribution in [3.8, 4) is 17.1 Å². The summed E-state index contributed by atoms with van der Waals surface area (Å²) >= 11 is 0. The van der Waals surface area contributed by atoms with Crippen molar-refractivity contribution >= 4 is 5.82 Å². The molecule has 2 aromatic rings. The van der Waals surface area contributed by atoms with Crippen LogP contribution < -0.4 is 5.32 Å². The van der Waals surface area contributed by atoms with Crippen molar-refractivity contribution in [1.29, 1.82) is 0 Å². The number of hydrogen-bond donors (Lipinski definition) is 2. The standard InChI is InChI=1S/C15H19N3O/c1-4-13-10(3)17-14(18-15(13)16-5-2)11-7-6-8-12(19)9-11/h6-9,19H,4-5H2,1-3H3,(H,16,17,18). The van der Waals surface area contributed by atoms with Crippen LogP contribution >= 0.6 is 0 Å². The molecule has 0 fully saturated rings. The molecule has 0 aliphatic carbocycles. The third-order valence-electron chi connectivity index (χ3n) is 3.02. The number of anilines is 1. The van der Waals surface area contributed by atoms with Crippen molar-refractivity contribution in [2.24, 2.45) is 0 Å². The van der Waals surface area contributed by atoms with E-state index in [1.165, 1.54) is 0 Å². The maximum Gasteiger partial charge on any atom is 0.161 e. The van der Waals surface area contributed by atoms with E-state index in [4.69, 9.17) is 0 Å². The summed E-state index contributed by atoms with van der Waals surface area (Å²) in [6.45, 7) is 6.96. The van der Waals surface area contributed by atoms with E-state index in [-0.39, 0.29) is 5.75 Å². The van der Waals surface area contributed by atoms with Crippen LogP contribution in [0.2, 0.25) is 0 Å². The largest absolute Gasteiger partial charge is 0.508 e. The lowest BCUT2D eigenvalue weighted by Gasteiger charge is -2.13. The van der Waals surface area contributed by atoms with Crippen LogP contribution in [0.25, 0.3) is 11.4 Å². The summed E-state index contributed by atoms with van der Waals surface area (Å²) in [4.78, 5) is 9.11. The third-order valence-corrected chi connectivity index (χ3v) is 3.02. The Morgan fingerprint density at radius 2 is 2.00 bits per heavy atom. The van der Waals surface area contributed by atoms with Gasteiger partial charge in [-0.05, 0) is 32.4 Å². The normalized spacial score (nSPS) is 10.5. The van der Waals surface area contributed by atoms with E-state index in [2.05, 4.69) is 22.2 Å². The van der Waals surface area contributed by atoms with E-state index >= 15 is 0 Å². The molecular formula is C15H19N3O. The summed E-state index contributed by atoms with van der Waals surface area (Å²) < 4.78 is 0. The fraction of sp³-hybridized carbons (Fsp3) is 0.333. The number of hydrogen-bond acceptors (Lipinski definition) is 4. The number of nitrogens with one attached hydrogen (secondary N) is 1.